The molecule has 0 aliphatic heterocycles. The summed E-state index contributed by atoms with van der Waals surface area (Å²) in [6, 6.07) is 8.77. The number of aromatic nitrogens is 1. The number of nitrogens with two attached hydrogens (primary N) is 1. The van der Waals surface area contributed by atoms with E-state index in [1.165, 1.54) is 0 Å². The van der Waals surface area contributed by atoms with Gasteiger partial charge in [0.1, 0.15) is 12.1 Å². The number of carbonyl (C=O) groups is 1. The van der Waals surface area contributed by atoms with Gasteiger partial charge in [0, 0.05) is 23.5 Å². The molecule has 3 N–H and O–H groups in total. The summed E-state index contributed by atoms with van der Waals surface area (Å²) in [6.07, 6.45) is 2.22. The van der Waals surface area contributed by atoms with Crippen LogP contribution in [0.25, 0.3) is 10.9 Å². The number of hydrogen-bond acceptors (Lipinski definition) is 4. The number of nitriles is 1. The van der Waals surface area contributed by atoms with Crippen LogP contribution in [0, 0.1) is 11.3 Å². The van der Waals surface area contributed by atoms with Crippen LogP contribution in [-0.4, -0.2) is 23.6 Å². The number of hydrogen-bond donors (Lipinski definition) is 2. The Balaban J connectivity index is 2.09. The molecule has 0 aliphatic rings. The highest BCUT2D eigenvalue weighted by atomic mass is 16.5. The number of aromatic amines is 1. The van der Waals surface area contributed by atoms with Gasteiger partial charge in [-0.1, -0.05) is 18.2 Å². The molecule has 0 radical (unpaired) electrons. The number of ether oxygens (including phenoxy) is 1. The molecule has 92 valence electrons. The van der Waals surface area contributed by atoms with Crippen LogP contribution in [0.2, 0.25) is 0 Å². The number of para-hydroxylation sites is 1. The molecule has 18 heavy (non-hydrogen) atoms. The smallest absolute Gasteiger partial charge is 0.324 e. The van der Waals surface area contributed by atoms with Gasteiger partial charge in [-0.3, -0.25) is 4.79 Å². The highest BCUT2D eigenvalue weighted by Crippen LogP contribution is 2.18. The van der Waals surface area contributed by atoms with Crippen molar-refractivity contribution < 1.29 is 9.53 Å². The summed E-state index contributed by atoms with van der Waals surface area (Å²) in [5.74, 6) is -0.554. The fourth-order valence-electron chi connectivity index (χ4n) is 1.83. The molecule has 0 fully saturated rings. The molecule has 1 aromatic heterocycles. The van der Waals surface area contributed by atoms with E-state index in [4.69, 9.17) is 11.0 Å². The van der Waals surface area contributed by atoms with E-state index in [1.54, 1.807) is 6.07 Å². The highest BCUT2D eigenvalue weighted by molar-refractivity contribution is 5.84. The average molecular weight is 243 g/mol. The number of nitrogens with one attached hydrogen (secondary N) is 1. The van der Waals surface area contributed by atoms with Gasteiger partial charge < -0.3 is 15.5 Å². The molecule has 2 rings (SSSR count). The molecule has 2 aromatic rings. The van der Waals surface area contributed by atoms with Crippen LogP contribution in [-0.2, 0) is 16.0 Å². The average Bonchev–Trinajstić information content (AvgIpc) is 2.79. The molecule has 0 aliphatic carbocycles. The van der Waals surface area contributed by atoms with Gasteiger partial charge in [-0.25, -0.2) is 0 Å². The lowest BCUT2D eigenvalue weighted by atomic mass is 10.1. The SMILES string of the molecule is N#CCOC(=O)[C@@H](N)Cc1c[nH]c2ccccc12. The number of rotatable bonds is 4. The molecule has 1 heterocycles. The molecule has 1 aromatic carbocycles. The molecular weight excluding hydrogens is 230 g/mol. The molecule has 5 nitrogen and oxygen atoms in total. The summed E-state index contributed by atoms with van der Waals surface area (Å²) in [6.45, 7) is -0.263. The maximum absolute atomic E-state index is 11.5. The zero-order valence-electron chi connectivity index (χ0n) is 9.72. The van der Waals surface area contributed by atoms with Crippen LogP contribution in [0.4, 0.5) is 0 Å². The fraction of sp³-hybridized carbons (Fsp3) is 0.231. The van der Waals surface area contributed by atoms with Crippen molar-refractivity contribution in [2.24, 2.45) is 5.73 Å². The largest absolute Gasteiger partial charge is 0.449 e. The normalized spacial score (nSPS) is 12.0. The van der Waals surface area contributed by atoms with Crippen molar-refractivity contribution in [3.63, 3.8) is 0 Å². The predicted molar refractivity (Wildman–Crippen MR) is 66.6 cm³/mol. The quantitative estimate of drug-likeness (QED) is 0.786. The molecule has 0 unspecified atom stereocenters. The first-order chi connectivity index (χ1) is 8.72. The van der Waals surface area contributed by atoms with Crippen LogP contribution >= 0.6 is 0 Å². The molecule has 0 spiro atoms. The Labute approximate surface area is 104 Å². The van der Waals surface area contributed by atoms with E-state index in [9.17, 15) is 4.79 Å². The lowest BCUT2D eigenvalue weighted by Gasteiger charge is -2.08. The van der Waals surface area contributed by atoms with Crippen molar-refractivity contribution in [3.05, 3.63) is 36.0 Å². The molecule has 0 saturated carbocycles. The molecular formula is C13H13N3O2. The zero-order chi connectivity index (χ0) is 13.0. The van der Waals surface area contributed by atoms with Crippen LogP contribution in [0.15, 0.2) is 30.5 Å². The fourth-order valence-corrected chi connectivity index (χ4v) is 1.83. The number of carbonyl (C=O) groups excluding carboxylic acids is 1. The van der Waals surface area contributed by atoms with E-state index in [-0.39, 0.29) is 6.61 Å². The summed E-state index contributed by atoms with van der Waals surface area (Å²) in [5, 5.41) is 9.36. The van der Waals surface area contributed by atoms with Crippen LogP contribution in [0.1, 0.15) is 5.56 Å². The second kappa shape index (κ2) is 5.34. The van der Waals surface area contributed by atoms with Crippen molar-refractivity contribution in [1.82, 2.24) is 4.98 Å². The number of fused-ring (bicyclic) bond motifs is 1. The van der Waals surface area contributed by atoms with Crippen molar-refractivity contribution >= 4 is 16.9 Å². The van der Waals surface area contributed by atoms with E-state index in [0.29, 0.717) is 6.42 Å². The van der Waals surface area contributed by atoms with Gasteiger partial charge in [0.15, 0.2) is 6.61 Å². The van der Waals surface area contributed by atoms with E-state index in [0.717, 1.165) is 16.5 Å². The van der Waals surface area contributed by atoms with Crippen LogP contribution in [0.5, 0.6) is 0 Å². The van der Waals surface area contributed by atoms with E-state index in [2.05, 4.69) is 9.72 Å². The van der Waals surface area contributed by atoms with Gasteiger partial charge in [0.05, 0.1) is 0 Å². The topological polar surface area (TPSA) is 91.9 Å². The first kappa shape index (κ1) is 12.1. The molecule has 1 atom stereocenters. The van der Waals surface area contributed by atoms with Gasteiger partial charge in [-0.05, 0) is 11.6 Å². The Bertz CT molecular complexity index is 598. The minimum Gasteiger partial charge on any atom is -0.449 e. The summed E-state index contributed by atoms with van der Waals surface area (Å²) in [5.41, 5.74) is 7.71. The Morgan fingerprint density at radius 1 is 1.50 bits per heavy atom. The first-order valence-electron chi connectivity index (χ1n) is 5.56. The van der Waals surface area contributed by atoms with E-state index >= 15 is 0 Å². The van der Waals surface area contributed by atoms with E-state index in [1.807, 2.05) is 30.5 Å². The molecule has 0 bridgehead atoms. The lowest BCUT2D eigenvalue weighted by molar-refractivity contribution is -0.143. The highest BCUT2D eigenvalue weighted by Gasteiger charge is 2.17. The zero-order valence-corrected chi connectivity index (χ0v) is 9.72. The second-order valence-corrected chi connectivity index (χ2v) is 3.94. The predicted octanol–water partition coefficient (Wildman–Crippen LogP) is 1.10. The van der Waals surface area contributed by atoms with Gasteiger partial charge >= 0.3 is 5.97 Å². The van der Waals surface area contributed by atoms with Crippen LogP contribution < -0.4 is 5.73 Å². The summed E-state index contributed by atoms with van der Waals surface area (Å²) < 4.78 is 4.68. The minimum atomic E-state index is -0.752. The summed E-state index contributed by atoms with van der Waals surface area (Å²) in [4.78, 5) is 14.6. The number of benzene rings is 1. The Morgan fingerprint density at radius 2 is 2.28 bits per heavy atom. The van der Waals surface area contributed by atoms with Crippen molar-refractivity contribution in [1.29, 1.82) is 5.26 Å². The van der Waals surface area contributed by atoms with Crippen LogP contribution in [0.3, 0.4) is 0 Å². The van der Waals surface area contributed by atoms with Gasteiger partial charge in [0.25, 0.3) is 0 Å². The maximum Gasteiger partial charge on any atom is 0.324 e. The Morgan fingerprint density at radius 3 is 3.06 bits per heavy atom. The van der Waals surface area contributed by atoms with Gasteiger partial charge in [-0.15, -0.1) is 0 Å². The Hall–Kier alpha value is -2.32. The third kappa shape index (κ3) is 2.50. The van der Waals surface area contributed by atoms with Crippen molar-refractivity contribution in [3.8, 4) is 6.07 Å². The summed E-state index contributed by atoms with van der Waals surface area (Å²) >= 11 is 0. The maximum atomic E-state index is 11.5. The van der Waals surface area contributed by atoms with Gasteiger partial charge in [0.2, 0.25) is 0 Å². The minimum absolute atomic E-state index is 0.263. The monoisotopic (exact) mass is 243 g/mol. The van der Waals surface area contributed by atoms with Gasteiger partial charge in [-0.2, -0.15) is 5.26 Å². The van der Waals surface area contributed by atoms with Crippen molar-refractivity contribution in [2.75, 3.05) is 6.61 Å². The third-order valence-corrected chi connectivity index (χ3v) is 2.70. The lowest BCUT2D eigenvalue weighted by Crippen LogP contribution is -2.34. The second-order valence-electron chi connectivity index (χ2n) is 3.94. The standard InChI is InChI=1S/C13H13N3O2/c14-5-6-18-13(17)11(15)7-9-8-16-12-4-2-1-3-10(9)12/h1-4,8,11,16H,6-7,15H2/t11-/m0/s1. The number of esters is 1. The Kier molecular flexibility index (Phi) is 3.60. The molecule has 5 heteroatoms. The molecule has 0 amide bonds. The first-order valence-corrected chi connectivity index (χ1v) is 5.56. The molecule has 0 saturated heterocycles. The summed E-state index contributed by atoms with van der Waals surface area (Å²) in [7, 11) is 0. The number of H-pyrrole nitrogens is 1. The third-order valence-electron chi connectivity index (χ3n) is 2.70. The number of nitrogens with zero attached hydrogens (tertiary/aromatic N) is 1. The van der Waals surface area contributed by atoms with Crippen molar-refractivity contribution in [2.45, 2.75) is 12.5 Å². The van der Waals surface area contributed by atoms with E-state index < -0.39 is 12.0 Å².